The van der Waals surface area contributed by atoms with E-state index in [1.165, 1.54) is 6.20 Å². The number of halogens is 6. The SMILES string of the molecule is CC1=C(C(F)(F)F)C(=O)[N][C]=C1C(F)(F)F. The molecular formula is C8H3F6NO. The smallest absolute Gasteiger partial charge is 0.267 e. The second kappa shape index (κ2) is 3.53. The van der Waals surface area contributed by atoms with Crippen molar-refractivity contribution >= 4 is 5.91 Å². The van der Waals surface area contributed by atoms with E-state index < -0.39 is 35.0 Å². The summed E-state index contributed by atoms with van der Waals surface area (Å²) < 4.78 is 73.4. The lowest BCUT2D eigenvalue weighted by atomic mass is 9.98. The summed E-state index contributed by atoms with van der Waals surface area (Å²) in [4.78, 5) is 10.7. The van der Waals surface area contributed by atoms with E-state index in [0.717, 1.165) is 0 Å². The molecule has 1 aliphatic rings. The molecule has 2 nitrogen and oxygen atoms in total. The Hall–Kier alpha value is -1.47. The Morgan fingerprint density at radius 2 is 1.56 bits per heavy atom. The van der Waals surface area contributed by atoms with Crippen LogP contribution in [0.1, 0.15) is 6.92 Å². The van der Waals surface area contributed by atoms with Gasteiger partial charge < -0.3 is 0 Å². The number of allylic oxidation sites excluding steroid dienone is 2. The predicted molar refractivity (Wildman–Crippen MR) is 38.7 cm³/mol. The van der Waals surface area contributed by atoms with E-state index in [-0.39, 0.29) is 0 Å². The molecule has 0 N–H and O–H groups in total. The molecule has 0 bridgehead atoms. The van der Waals surface area contributed by atoms with Gasteiger partial charge in [0.25, 0.3) is 5.91 Å². The minimum Gasteiger partial charge on any atom is -0.267 e. The van der Waals surface area contributed by atoms with Crippen molar-refractivity contribution in [2.75, 3.05) is 0 Å². The van der Waals surface area contributed by atoms with Gasteiger partial charge in [-0.25, -0.2) is 5.32 Å². The van der Waals surface area contributed by atoms with Gasteiger partial charge in [-0.2, -0.15) is 26.3 Å². The molecule has 0 aromatic heterocycles. The van der Waals surface area contributed by atoms with Crippen molar-refractivity contribution in [3.8, 4) is 0 Å². The molecule has 88 valence electrons. The van der Waals surface area contributed by atoms with Gasteiger partial charge in [-0.1, -0.05) is 0 Å². The highest BCUT2D eigenvalue weighted by atomic mass is 19.4. The molecule has 1 rings (SSSR count). The molecule has 0 aliphatic carbocycles. The van der Waals surface area contributed by atoms with Crippen LogP contribution in [0.5, 0.6) is 0 Å². The molecule has 0 aromatic carbocycles. The summed E-state index contributed by atoms with van der Waals surface area (Å²) in [6.07, 6.45) is -8.92. The van der Waals surface area contributed by atoms with Crippen molar-refractivity contribution in [1.29, 1.82) is 0 Å². The Kier molecular flexibility index (Phi) is 2.78. The van der Waals surface area contributed by atoms with Gasteiger partial charge in [0.1, 0.15) is 11.8 Å². The standard InChI is InChI=1S/C8H3F6NO/c1-3-4(7(9,10)11)2-15-6(16)5(3)8(12,13)14/h1H3. The number of carbonyl (C=O) groups excluding carboxylic acids is 1. The van der Waals surface area contributed by atoms with E-state index in [2.05, 4.69) is 5.32 Å². The van der Waals surface area contributed by atoms with Crippen LogP contribution in [0.15, 0.2) is 16.7 Å². The lowest BCUT2D eigenvalue weighted by Gasteiger charge is -2.20. The lowest BCUT2D eigenvalue weighted by Crippen LogP contribution is -2.33. The van der Waals surface area contributed by atoms with Gasteiger partial charge in [0, 0.05) is 0 Å². The first-order valence-electron chi connectivity index (χ1n) is 3.79. The zero-order valence-corrected chi connectivity index (χ0v) is 7.62. The van der Waals surface area contributed by atoms with Crippen molar-refractivity contribution < 1.29 is 31.1 Å². The van der Waals surface area contributed by atoms with Crippen molar-refractivity contribution in [3.63, 3.8) is 0 Å². The molecule has 0 spiro atoms. The average Bonchev–Trinajstić information content (AvgIpc) is 1.97. The van der Waals surface area contributed by atoms with Crippen molar-refractivity contribution in [3.05, 3.63) is 22.9 Å². The van der Waals surface area contributed by atoms with E-state index >= 15 is 0 Å². The molecule has 0 saturated heterocycles. The Labute approximate surface area is 85.6 Å². The van der Waals surface area contributed by atoms with Gasteiger partial charge in [0.2, 0.25) is 0 Å². The summed E-state index contributed by atoms with van der Waals surface area (Å²) in [7, 11) is 0. The first-order valence-corrected chi connectivity index (χ1v) is 3.79. The zero-order valence-electron chi connectivity index (χ0n) is 7.62. The van der Waals surface area contributed by atoms with E-state index in [0.29, 0.717) is 6.92 Å². The number of hydrogen-bond donors (Lipinski definition) is 0. The summed E-state index contributed by atoms with van der Waals surface area (Å²) >= 11 is 0. The van der Waals surface area contributed by atoms with Crippen LogP contribution in [0.3, 0.4) is 0 Å². The Morgan fingerprint density at radius 3 is 1.94 bits per heavy atom. The van der Waals surface area contributed by atoms with Gasteiger partial charge in [0.05, 0.1) is 5.57 Å². The monoisotopic (exact) mass is 243 g/mol. The van der Waals surface area contributed by atoms with Crippen molar-refractivity contribution in [1.82, 2.24) is 5.32 Å². The third kappa shape index (κ3) is 2.20. The topological polar surface area (TPSA) is 31.2 Å². The molecule has 2 radical (unpaired) electrons. The normalized spacial score (nSPS) is 18.4. The van der Waals surface area contributed by atoms with Crippen LogP contribution in [-0.2, 0) is 4.79 Å². The molecule has 1 aliphatic heterocycles. The zero-order chi connectivity index (χ0) is 12.7. The first-order chi connectivity index (χ1) is 7.05. The third-order valence-corrected chi connectivity index (χ3v) is 1.80. The van der Waals surface area contributed by atoms with Gasteiger partial charge in [-0.15, -0.1) is 0 Å². The number of nitrogens with zero attached hydrogens (tertiary/aromatic N) is 1. The summed E-state index contributed by atoms with van der Waals surface area (Å²) in [5.41, 5.74) is -4.79. The number of rotatable bonds is 0. The van der Waals surface area contributed by atoms with E-state index in [1.807, 2.05) is 0 Å². The van der Waals surface area contributed by atoms with Gasteiger partial charge >= 0.3 is 12.4 Å². The summed E-state index contributed by atoms with van der Waals surface area (Å²) in [5.74, 6) is -1.77. The Morgan fingerprint density at radius 1 is 1.06 bits per heavy atom. The molecule has 16 heavy (non-hydrogen) atoms. The Bertz CT molecular complexity index is 386. The van der Waals surface area contributed by atoms with Crippen molar-refractivity contribution in [2.24, 2.45) is 0 Å². The van der Waals surface area contributed by atoms with Crippen molar-refractivity contribution in [2.45, 2.75) is 19.3 Å². The van der Waals surface area contributed by atoms with Gasteiger partial charge in [-0.05, 0) is 12.5 Å². The van der Waals surface area contributed by atoms with Crippen LogP contribution in [0.4, 0.5) is 26.3 Å². The summed E-state index contributed by atoms with van der Waals surface area (Å²) in [5, 5.41) is 2.45. The number of alkyl halides is 6. The molecule has 8 heteroatoms. The minimum absolute atomic E-state index is 0.561. The molecule has 1 heterocycles. The van der Waals surface area contributed by atoms with Crippen LogP contribution in [0.25, 0.3) is 0 Å². The molecular weight excluding hydrogens is 240 g/mol. The molecule has 0 atom stereocenters. The van der Waals surface area contributed by atoms with Crippen LogP contribution >= 0.6 is 0 Å². The minimum atomic E-state index is -5.16. The highest BCUT2D eigenvalue weighted by Gasteiger charge is 2.47. The maximum Gasteiger partial charge on any atom is 0.422 e. The van der Waals surface area contributed by atoms with E-state index in [4.69, 9.17) is 0 Å². The quantitative estimate of drug-likeness (QED) is 0.600. The molecule has 0 unspecified atom stereocenters. The molecule has 1 amide bonds. The second-order valence-corrected chi connectivity index (χ2v) is 2.90. The number of amides is 1. The maximum atomic E-state index is 12.3. The van der Waals surface area contributed by atoms with Crippen LogP contribution in [0, 0.1) is 6.20 Å². The van der Waals surface area contributed by atoms with Crippen LogP contribution in [-0.4, -0.2) is 18.3 Å². The lowest BCUT2D eigenvalue weighted by molar-refractivity contribution is -0.131. The average molecular weight is 243 g/mol. The highest BCUT2D eigenvalue weighted by Crippen LogP contribution is 2.39. The Balaban J connectivity index is 3.33. The largest absolute Gasteiger partial charge is 0.422 e. The third-order valence-electron chi connectivity index (χ3n) is 1.80. The predicted octanol–water partition coefficient (Wildman–Crippen LogP) is 2.26. The maximum absolute atomic E-state index is 12.3. The summed E-state index contributed by atoms with van der Waals surface area (Å²) in [6.45, 7) is 0.561. The van der Waals surface area contributed by atoms with Gasteiger partial charge in [0.15, 0.2) is 0 Å². The number of carbonyl (C=O) groups is 1. The summed E-state index contributed by atoms with van der Waals surface area (Å²) in [6, 6.07) is 0. The second-order valence-electron chi connectivity index (χ2n) is 2.90. The van der Waals surface area contributed by atoms with Crippen LogP contribution in [0.2, 0.25) is 0 Å². The number of hydrogen-bond acceptors (Lipinski definition) is 1. The van der Waals surface area contributed by atoms with E-state index in [9.17, 15) is 31.1 Å². The van der Waals surface area contributed by atoms with Gasteiger partial charge in [-0.3, -0.25) is 4.79 Å². The molecule has 0 fully saturated rings. The first kappa shape index (κ1) is 12.6. The fourth-order valence-electron chi connectivity index (χ4n) is 1.14. The highest BCUT2D eigenvalue weighted by molar-refractivity contribution is 5.97. The fourth-order valence-corrected chi connectivity index (χ4v) is 1.14. The fraction of sp³-hybridized carbons (Fsp3) is 0.375. The van der Waals surface area contributed by atoms with E-state index in [1.54, 1.807) is 0 Å². The molecule has 0 saturated carbocycles. The van der Waals surface area contributed by atoms with Crippen LogP contribution < -0.4 is 5.32 Å². The molecule has 0 aromatic rings.